The van der Waals surface area contributed by atoms with Crippen molar-refractivity contribution in [2.45, 2.75) is 103 Å². The van der Waals surface area contributed by atoms with E-state index < -0.39 is 6.29 Å². The lowest BCUT2D eigenvalue weighted by Crippen LogP contribution is -2.23. The molecule has 0 aromatic heterocycles. The van der Waals surface area contributed by atoms with Crippen LogP contribution in [0.15, 0.2) is 12.2 Å². The lowest BCUT2D eigenvalue weighted by atomic mass is 10.1. The van der Waals surface area contributed by atoms with Crippen molar-refractivity contribution in [2.24, 2.45) is 0 Å². The lowest BCUT2D eigenvalue weighted by Gasteiger charge is -2.10. The molecule has 0 spiro atoms. The Bertz CT molecular complexity index is 287. The molecule has 2 N–H and O–H groups in total. The molecule has 0 heterocycles. The molecule has 5 heteroatoms. The van der Waals surface area contributed by atoms with E-state index in [9.17, 15) is 5.11 Å². The Morgan fingerprint density at radius 3 is 1.92 bits per heavy atom. The maximum absolute atomic E-state index is 9.30. The molecule has 0 aliphatic heterocycles. The Morgan fingerprint density at radius 1 is 0.808 bits per heavy atom. The standard InChI is InChI=1S/C21H43NO4/c1-3-4-5-6-7-8-9-10-11-12-13-14-15-16-17-18-19-24-20-21(23)25-26-22-2/h10-11,21-23H,3-9,12-20H2,1-2H3/b11-10-. The van der Waals surface area contributed by atoms with Gasteiger partial charge in [0.2, 0.25) is 6.29 Å². The predicted molar refractivity (Wildman–Crippen MR) is 108 cm³/mol. The molecule has 0 radical (unpaired) electrons. The van der Waals surface area contributed by atoms with E-state index in [1.807, 2.05) is 0 Å². The van der Waals surface area contributed by atoms with E-state index in [2.05, 4.69) is 34.4 Å². The average molecular weight is 374 g/mol. The molecule has 0 fully saturated rings. The van der Waals surface area contributed by atoms with Gasteiger partial charge in [0.05, 0.1) is 0 Å². The van der Waals surface area contributed by atoms with E-state index in [1.165, 1.54) is 83.5 Å². The van der Waals surface area contributed by atoms with Gasteiger partial charge < -0.3 is 9.84 Å². The second kappa shape index (κ2) is 22.6. The van der Waals surface area contributed by atoms with Gasteiger partial charge in [0.25, 0.3) is 0 Å². The van der Waals surface area contributed by atoms with E-state index in [4.69, 9.17) is 4.74 Å². The quantitative estimate of drug-likeness (QED) is 0.0922. The zero-order valence-corrected chi connectivity index (χ0v) is 17.2. The number of ether oxygens (including phenoxy) is 1. The first-order valence-corrected chi connectivity index (χ1v) is 10.7. The third-order valence-electron chi connectivity index (χ3n) is 4.30. The molecule has 0 aromatic carbocycles. The number of hydrogen-bond acceptors (Lipinski definition) is 5. The van der Waals surface area contributed by atoms with Gasteiger partial charge >= 0.3 is 0 Å². The Morgan fingerprint density at radius 2 is 1.35 bits per heavy atom. The van der Waals surface area contributed by atoms with Crippen molar-refractivity contribution < 1.29 is 19.7 Å². The van der Waals surface area contributed by atoms with Gasteiger partial charge in [-0.2, -0.15) is 10.4 Å². The molecule has 1 unspecified atom stereocenters. The molecule has 26 heavy (non-hydrogen) atoms. The van der Waals surface area contributed by atoms with Gasteiger partial charge in [0, 0.05) is 13.7 Å². The largest absolute Gasteiger partial charge is 0.376 e. The zero-order valence-electron chi connectivity index (χ0n) is 17.2. The summed E-state index contributed by atoms with van der Waals surface area (Å²) in [5, 5.41) is 9.30. The van der Waals surface area contributed by atoms with Crippen LogP contribution in [0.4, 0.5) is 0 Å². The van der Waals surface area contributed by atoms with Crippen LogP contribution in [0, 0.1) is 0 Å². The minimum absolute atomic E-state index is 0.132. The first kappa shape index (κ1) is 25.5. The highest BCUT2D eigenvalue weighted by atomic mass is 17.3. The van der Waals surface area contributed by atoms with Gasteiger partial charge in [-0.25, -0.2) is 0 Å². The number of nitrogens with one attached hydrogen (secondary N) is 1. The van der Waals surface area contributed by atoms with Gasteiger partial charge in [-0.05, 0) is 32.1 Å². The summed E-state index contributed by atoms with van der Waals surface area (Å²) in [6.07, 6.45) is 21.9. The van der Waals surface area contributed by atoms with Crippen LogP contribution in [0.5, 0.6) is 0 Å². The van der Waals surface area contributed by atoms with E-state index in [0.717, 1.165) is 6.42 Å². The van der Waals surface area contributed by atoms with Gasteiger partial charge in [-0.1, -0.05) is 76.9 Å². The third kappa shape index (κ3) is 21.6. The molecule has 5 nitrogen and oxygen atoms in total. The summed E-state index contributed by atoms with van der Waals surface area (Å²) in [6.45, 7) is 3.05. The molecule has 0 aliphatic rings. The van der Waals surface area contributed by atoms with Gasteiger partial charge in [0.15, 0.2) is 0 Å². The monoisotopic (exact) mass is 373 g/mol. The molecule has 0 amide bonds. The topological polar surface area (TPSA) is 60.0 Å². The van der Waals surface area contributed by atoms with Gasteiger partial charge in [-0.3, -0.25) is 0 Å². The summed E-state index contributed by atoms with van der Waals surface area (Å²) < 4.78 is 5.32. The van der Waals surface area contributed by atoms with E-state index >= 15 is 0 Å². The fraction of sp³-hybridized carbons (Fsp3) is 0.905. The fourth-order valence-corrected chi connectivity index (χ4v) is 2.77. The first-order chi connectivity index (χ1) is 12.8. The lowest BCUT2D eigenvalue weighted by molar-refractivity contribution is -0.403. The highest BCUT2D eigenvalue weighted by Crippen LogP contribution is 2.10. The van der Waals surface area contributed by atoms with Crippen molar-refractivity contribution in [3.05, 3.63) is 12.2 Å². The van der Waals surface area contributed by atoms with Crippen LogP contribution in [0.2, 0.25) is 0 Å². The molecule has 0 aliphatic carbocycles. The highest BCUT2D eigenvalue weighted by Gasteiger charge is 2.04. The van der Waals surface area contributed by atoms with Crippen molar-refractivity contribution >= 4 is 0 Å². The molecule has 0 saturated heterocycles. The summed E-state index contributed by atoms with van der Waals surface area (Å²) in [4.78, 5) is 8.94. The zero-order chi connectivity index (χ0) is 19.1. The Labute approximate surface area is 161 Å². The Balaban J connectivity index is 3.11. The molecule has 1 atom stereocenters. The van der Waals surface area contributed by atoms with Crippen LogP contribution in [-0.4, -0.2) is 31.7 Å². The highest BCUT2D eigenvalue weighted by molar-refractivity contribution is 4.81. The second-order valence-electron chi connectivity index (χ2n) is 6.85. The second-order valence-corrected chi connectivity index (χ2v) is 6.85. The van der Waals surface area contributed by atoms with E-state index in [-0.39, 0.29) is 6.61 Å². The maximum Gasteiger partial charge on any atom is 0.214 e. The fourth-order valence-electron chi connectivity index (χ4n) is 2.77. The smallest absolute Gasteiger partial charge is 0.214 e. The molecule has 0 bridgehead atoms. The van der Waals surface area contributed by atoms with Gasteiger partial charge in [0.1, 0.15) is 6.61 Å². The summed E-state index contributed by atoms with van der Waals surface area (Å²) in [6, 6.07) is 0. The average Bonchev–Trinajstić information content (AvgIpc) is 2.65. The molecular formula is C21H43NO4. The molecule has 156 valence electrons. The number of hydrogen-bond donors (Lipinski definition) is 2. The van der Waals surface area contributed by atoms with Crippen molar-refractivity contribution in [3.63, 3.8) is 0 Å². The molecule has 0 saturated carbocycles. The van der Waals surface area contributed by atoms with Crippen molar-refractivity contribution in [1.82, 2.24) is 5.48 Å². The summed E-state index contributed by atoms with van der Waals surface area (Å²) in [7, 11) is 1.56. The van der Waals surface area contributed by atoms with Crippen LogP contribution >= 0.6 is 0 Å². The van der Waals surface area contributed by atoms with Crippen LogP contribution in [0.1, 0.15) is 96.8 Å². The van der Waals surface area contributed by atoms with Crippen LogP contribution in [0.25, 0.3) is 0 Å². The normalized spacial score (nSPS) is 12.9. The molecular weight excluding hydrogens is 330 g/mol. The van der Waals surface area contributed by atoms with Crippen LogP contribution in [0.3, 0.4) is 0 Å². The van der Waals surface area contributed by atoms with Crippen LogP contribution < -0.4 is 5.48 Å². The van der Waals surface area contributed by atoms with E-state index in [1.54, 1.807) is 7.05 Å². The van der Waals surface area contributed by atoms with Crippen molar-refractivity contribution in [2.75, 3.05) is 20.3 Å². The predicted octanol–water partition coefficient (Wildman–Crippen LogP) is 5.44. The third-order valence-corrected chi connectivity index (χ3v) is 4.30. The Kier molecular flexibility index (Phi) is 22.2. The Hall–Kier alpha value is -0.460. The minimum Gasteiger partial charge on any atom is -0.376 e. The summed E-state index contributed by atoms with van der Waals surface area (Å²) in [5.74, 6) is 0. The number of aliphatic hydroxyl groups is 1. The summed E-state index contributed by atoms with van der Waals surface area (Å²) in [5.41, 5.74) is 2.32. The number of hydroxylamine groups is 1. The van der Waals surface area contributed by atoms with Crippen molar-refractivity contribution in [1.29, 1.82) is 0 Å². The maximum atomic E-state index is 9.30. The number of unbranched alkanes of at least 4 members (excludes halogenated alkanes) is 12. The summed E-state index contributed by atoms with van der Waals surface area (Å²) >= 11 is 0. The number of aliphatic hydroxyl groups excluding tert-OH is 1. The van der Waals surface area contributed by atoms with E-state index in [0.29, 0.717) is 6.61 Å². The first-order valence-electron chi connectivity index (χ1n) is 10.7. The van der Waals surface area contributed by atoms with Crippen LogP contribution in [-0.2, 0) is 14.6 Å². The number of allylic oxidation sites excluding steroid dienone is 2. The van der Waals surface area contributed by atoms with Gasteiger partial charge in [-0.15, -0.1) is 4.99 Å². The van der Waals surface area contributed by atoms with Crippen molar-refractivity contribution in [3.8, 4) is 0 Å². The number of rotatable bonds is 21. The molecule has 0 rings (SSSR count). The minimum atomic E-state index is -1.04. The SMILES string of the molecule is CCCCCCCC/C=C\CCCCCCCCOCC(O)OONC. The molecule has 0 aromatic rings.